The van der Waals surface area contributed by atoms with Gasteiger partial charge in [0.15, 0.2) is 0 Å². The van der Waals surface area contributed by atoms with E-state index in [0.717, 1.165) is 20.5 Å². The molecule has 1 aliphatic rings. The molecule has 0 radical (unpaired) electrons. The highest BCUT2D eigenvalue weighted by molar-refractivity contribution is 9.10. The fraction of sp³-hybridized carbons (Fsp3) is 0.0800. The number of benzene rings is 3. The highest BCUT2D eigenvalue weighted by atomic mass is 79.9. The van der Waals surface area contributed by atoms with E-state index >= 15 is 0 Å². The van der Waals surface area contributed by atoms with Crippen molar-refractivity contribution in [3.05, 3.63) is 98.5 Å². The van der Waals surface area contributed by atoms with E-state index in [1.165, 1.54) is 6.08 Å². The molecule has 6 nitrogen and oxygen atoms in total. The second kappa shape index (κ2) is 9.60. The van der Waals surface area contributed by atoms with Crippen molar-refractivity contribution in [3.8, 4) is 5.75 Å². The Kier molecular flexibility index (Phi) is 6.62. The van der Waals surface area contributed by atoms with Gasteiger partial charge < -0.3 is 4.74 Å². The quantitative estimate of drug-likeness (QED) is 0.359. The molecule has 1 heterocycles. The number of rotatable bonds is 5. The number of halogens is 2. The van der Waals surface area contributed by atoms with Crippen LogP contribution in [-0.4, -0.2) is 25.0 Å². The summed E-state index contributed by atoms with van der Waals surface area (Å²) in [5.41, 5.74) is 2.64. The van der Waals surface area contributed by atoms with Gasteiger partial charge in [-0.1, -0.05) is 57.9 Å². The summed E-state index contributed by atoms with van der Waals surface area (Å²) in [5.74, 6) is -0.864. The molecule has 33 heavy (non-hydrogen) atoms. The molecule has 0 bridgehead atoms. The first-order valence-electron chi connectivity index (χ1n) is 9.94. The second-order valence-corrected chi connectivity index (χ2v) is 8.60. The zero-order valence-electron chi connectivity index (χ0n) is 17.5. The molecule has 3 aromatic carbocycles. The first-order chi connectivity index (χ1) is 15.9. The number of ether oxygens (including phenoxy) is 1. The third-order valence-corrected chi connectivity index (χ3v) is 6.04. The summed E-state index contributed by atoms with van der Waals surface area (Å²) in [4.78, 5) is 38.8. The SMILES string of the molecule is COc1cc(/C=C2\C(=O)NC(=O)N(c3ccc(Br)cc3)C2=O)ccc1Cc1ccccc1Cl. The van der Waals surface area contributed by atoms with Crippen LogP contribution < -0.4 is 15.0 Å². The van der Waals surface area contributed by atoms with Crippen LogP contribution in [0, 0.1) is 0 Å². The van der Waals surface area contributed by atoms with Crippen molar-refractivity contribution >= 4 is 57.1 Å². The fourth-order valence-corrected chi connectivity index (χ4v) is 3.96. The Hall–Kier alpha value is -3.42. The van der Waals surface area contributed by atoms with Crippen LogP contribution in [0.4, 0.5) is 10.5 Å². The number of amides is 4. The van der Waals surface area contributed by atoms with Crippen molar-refractivity contribution in [1.29, 1.82) is 0 Å². The van der Waals surface area contributed by atoms with Crippen LogP contribution in [0.5, 0.6) is 5.75 Å². The Morgan fingerprint density at radius 1 is 1.00 bits per heavy atom. The van der Waals surface area contributed by atoms with Crippen LogP contribution in [0.1, 0.15) is 16.7 Å². The van der Waals surface area contributed by atoms with E-state index in [1.54, 1.807) is 43.5 Å². The van der Waals surface area contributed by atoms with E-state index < -0.39 is 17.8 Å². The minimum absolute atomic E-state index is 0.154. The number of hydrogen-bond donors (Lipinski definition) is 1. The first-order valence-corrected chi connectivity index (χ1v) is 11.1. The Bertz CT molecular complexity index is 1290. The Balaban J connectivity index is 1.66. The number of methoxy groups -OCH3 is 1. The van der Waals surface area contributed by atoms with Crippen molar-refractivity contribution < 1.29 is 19.1 Å². The highest BCUT2D eigenvalue weighted by Crippen LogP contribution is 2.28. The summed E-state index contributed by atoms with van der Waals surface area (Å²) in [6.07, 6.45) is 2.00. The number of anilines is 1. The zero-order chi connectivity index (χ0) is 23.5. The molecule has 0 aliphatic carbocycles. The van der Waals surface area contributed by atoms with E-state index in [-0.39, 0.29) is 5.57 Å². The second-order valence-electron chi connectivity index (χ2n) is 7.27. The van der Waals surface area contributed by atoms with Crippen LogP contribution in [0.25, 0.3) is 6.08 Å². The minimum atomic E-state index is -0.794. The molecule has 0 aromatic heterocycles. The molecule has 1 fully saturated rings. The summed E-state index contributed by atoms with van der Waals surface area (Å²) in [6.45, 7) is 0. The number of imide groups is 2. The molecule has 8 heteroatoms. The third kappa shape index (κ3) is 4.84. The fourth-order valence-electron chi connectivity index (χ4n) is 3.49. The molecule has 4 amide bonds. The molecular formula is C25H18BrClN2O4. The summed E-state index contributed by atoms with van der Waals surface area (Å²) in [5, 5.41) is 2.88. The summed E-state index contributed by atoms with van der Waals surface area (Å²) in [6, 6.07) is 18.8. The van der Waals surface area contributed by atoms with E-state index in [1.807, 2.05) is 30.3 Å². The number of barbiturate groups is 1. The molecule has 1 aliphatic heterocycles. The molecule has 4 rings (SSSR count). The van der Waals surface area contributed by atoms with Crippen molar-refractivity contribution in [2.75, 3.05) is 12.0 Å². The number of hydrogen-bond acceptors (Lipinski definition) is 4. The van der Waals surface area contributed by atoms with Gasteiger partial charge in [0.2, 0.25) is 0 Å². The maximum Gasteiger partial charge on any atom is 0.335 e. The van der Waals surface area contributed by atoms with Gasteiger partial charge in [-0.3, -0.25) is 14.9 Å². The molecule has 1 N–H and O–H groups in total. The van der Waals surface area contributed by atoms with Gasteiger partial charge in [-0.15, -0.1) is 0 Å². The Morgan fingerprint density at radius 2 is 1.73 bits per heavy atom. The number of carbonyl (C=O) groups is 3. The summed E-state index contributed by atoms with van der Waals surface area (Å²) < 4.78 is 6.33. The van der Waals surface area contributed by atoms with Crippen LogP contribution in [-0.2, 0) is 16.0 Å². The maximum atomic E-state index is 13.1. The van der Waals surface area contributed by atoms with E-state index in [2.05, 4.69) is 21.2 Å². The van der Waals surface area contributed by atoms with Gasteiger partial charge >= 0.3 is 6.03 Å². The number of urea groups is 1. The monoisotopic (exact) mass is 524 g/mol. The predicted molar refractivity (Wildman–Crippen MR) is 130 cm³/mol. The van der Waals surface area contributed by atoms with Gasteiger partial charge in [0.05, 0.1) is 12.8 Å². The van der Waals surface area contributed by atoms with Crippen LogP contribution in [0.15, 0.2) is 76.8 Å². The topological polar surface area (TPSA) is 75.7 Å². The van der Waals surface area contributed by atoms with Crippen molar-refractivity contribution in [2.45, 2.75) is 6.42 Å². The third-order valence-electron chi connectivity index (χ3n) is 5.15. The maximum absolute atomic E-state index is 13.1. The van der Waals surface area contributed by atoms with Gasteiger partial charge in [-0.2, -0.15) is 0 Å². The Morgan fingerprint density at radius 3 is 2.42 bits per heavy atom. The minimum Gasteiger partial charge on any atom is -0.496 e. The molecule has 1 saturated heterocycles. The first kappa shape index (κ1) is 22.8. The van der Waals surface area contributed by atoms with Crippen LogP contribution in [0.3, 0.4) is 0 Å². The lowest BCUT2D eigenvalue weighted by Crippen LogP contribution is -2.54. The number of nitrogens with zero attached hydrogens (tertiary/aromatic N) is 1. The van der Waals surface area contributed by atoms with Crippen LogP contribution >= 0.6 is 27.5 Å². The zero-order valence-corrected chi connectivity index (χ0v) is 19.8. The lowest BCUT2D eigenvalue weighted by atomic mass is 10.0. The molecular weight excluding hydrogens is 508 g/mol. The number of nitrogens with one attached hydrogen (secondary N) is 1. The average molecular weight is 526 g/mol. The summed E-state index contributed by atoms with van der Waals surface area (Å²) in [7, 11) is 1.55. The van der Waals surface area contributed by atoms with Crippen LogP contribution in [0.2, 0.25) is 5.02 Å². The normalized spacial score (nSPS) is 15.1. The molecule has 0 atom stereocenters. The number of carbonyl (C=O) groups excluding carboxylic acids is 3. The largest absolute Gasteiger partial charge is 0.496 e. The highest BCUT2D eigenvalue weighted by Gasteiger charge is 2.36. The van der Waals surface area contributed by atoms with Gasteiger partial charge in [0, 0.05) is 15.9 Å². The van der Waals surface area contributed by atoms with Crippen molar-refractivity contribution in [3.63, 3.8) is 0 Å². The summed E-state index contributed by atoms with van der Waals surface area (Å²) >= 11 is 9.60. The van der Waals surface area contributed by atoms with Gasteiger partial charge in [0.1, 0.15) is 11.3 Å². The lowest BCUT2D eigenvalue weighted by molar-refractivity contribution is -0.122. The molecule has 0 unspecified atom stereocenters. The van der Waals surface area contributed by atoms with Gasteiger partial charge in [-0.05, 0) is 59.2 Å². The molecule has 3 aromatic rings. The van der Waals surface area contributed by atoms with E-state index in [4.69, 9.17) is 16.3 Å². The Labute approximate surface area is 203 Å². The molecule has 166 valence electrons. The lowest BCUT2D eigenvalue weighted by Gasteiger charge is -2.26. The van der Waals surface area contributed by atoms with E-state index in [9.17, 15) is 14.4 Å². The smallest absolute Gasteiger partial charge is 0.335 e. The standard InChI is InChI=1S/C25H18BrClN2O4/c1-33-22-13-15(6-7-17(22)14-16-4-2-3-5-21(16)27)12-20-23(30)28-25(32)29(24(20)31)19-10-8-18(26)9-11-19/h2-13H,14H2,1H3,(H,28,30,32)/b20-12+. The average Bonchev–Trinajstić information content (AvgIpc) is 2.80. The van der Waals surface area contributed by atoms with Crippen molar-refractivity contribution in [1.82, 2.24) is 5.32 Å². The predicted octanol–water partition coefficient (Wildman–Crippen LogP) is 5.37. The van der Waals surface area contributed by atoms with E-state index in [0.29, 0.717) is 28.4 Å². The van der Waals surface area contributed by atoms with Gasteiger partial charge in [0.25, 0.3) is 11.8 Å². The van der Waals surface area contributed by atoms with Gasteiger partial charge in [-0.25, -0.2) is 9.69 Å². The molecule has 0 spiro atoms. The molecule has 0 saturated carbocycles. The van der Waals surface area contributed by atoms with Crippen molar-refractivity contribution in [2.24, 2.45) is 0 Å².